The molecule has 0 unspecified atom stereocenters. The number of urea groups is 1. The number of nitrogens with zero attached hydrogens (tertiary/aromatic N) is 6. The average molecular weight is 666 g/mol. The van der Waals surface area contributed by atoms with Gasteiger partial charge in [0, 0.05) is 16.8 Å². The Bertz CT molecular complexity index is 1760. The molecular weight excluding hydrogens is 644 g/mol. The van der Waals surface area contributed by atoms with Gasteiger partial charge in [-0.15, -0.1) is 28.2 Å². The van der Waals surface area contributed by atoms with Crippen molar-refractivity contribution in [1.82, 2.24) is 20.2 Å². The molecule has 3 aromatic carbocycles. The fraction of sp³-hybridized carbons (Fsp3) is 0.214. The summed E-state index contributed by atoms with van der Waals surface area (Å²) in [4.78, 5) is 31.9. The molecule has 1 aliphatic rings. The van der Waals surface area contributed by atoms with Crippen molar-refractivity contribution in [2.45, 2.75) is 26.1 Å². The predicted molar refractivity (Wildman–Crippen MR) is 155 cm³/mol. The Hall–Kier alpha value is -4.97. The maximum absolute atomic E-state index is 12.8. The van der Waals surface area contributed by atoms with Crippen LogP contribution in [0.3, 0.4) is 0 Å². The number of thioether (sulfide) groups is 1. The van der Waals surface area contributed by atoms with Crippen LogP contribution in [0.4, 0.5) is 42.5 Å². The van der Waals surface area contributed by atoms with Crippen LogP contribution in [0.15, 0.2) is 71.7 Å². The van der Waals surface area contributed by atoms with Crippen LogP contribution in [-0.4, -0.2) is 62.2 Å². The summed E-state index contributed by atoms with van der Waals surface area (Å²) in [5.41, 5.74) is 2.48. The number of aryl methyl sites for hydroxylation is 1. The van der Waals surface area contributed by atoms with E-state index in [9.17, 15) is 35.9 Å². The largest absolute Gasteiger partial charge is 0.573 e. The van der Waals surface area contributed by atoms with Crippen LogP contribution in [-0.2, 0) is 16.1 Å². The van der Waals surface area contributed by atoms with Gasteiger partial charge in [0.2, 0.25) is 11.7 Å². The lowest BCUT2D eigenvalue weighted by molar-refractivity contribution is -0.274. The number of tetrazole rings is 1. The molecule has 18 heteroatoms. The highest BCUT2D eigenvalue weighted by molar-refractivity contribution is 8.15. The number of anilines is 2. The summed E-state index contributed by atoms with van der Waals surface area (Å²) in [5, 5.41) is 14.7. The number of ether oxygens (including phenoxy) is 2. The minimum Gasteiger partial charge on any atom is -0.406 e. The molecule has 0 radical (unpaired) electrons. The highest BCUT2D eigenvalue weighted by Gasteiger charge is 2.33. The molecule has 1 aliphatic heterocycles. The van der Waals surface area contributed by atoms with Crippen LogP contribution in [0.25, 0.3) is 17.1 Å². The van der Waals surface area contributed by atoms with Crippen LogP contribution in [0, 0.1) is 6.92 Å². The van der Waals surface area contributed by atoms with Gasteiger partial charge in [-0.1, -0.05) is 23.9 Å². The number of benzene rings is 3. The number of hydrogen-bond donors (Lipinski definition) is 1. The van der Waals surface area contributed by atoms with Gasteiger partial charge in [0.1, 0.15) is 12.4 Å². The number of rotatable bonds is 8. The summed E-state index contributed by atoms with van der Waals surface area (Å²) in [6.07, 6.45) is -9.34. The first-order valence-corrected chi connectivity index (χ1v) is 14.1. The number of amides is 3. The number of aromatic nitrogens is 4. The second kappa shape index (κ2) is 13.2. The van der Waals surface area contributed by atoms with E-state index in [0.717, 1.165) is 34.3 Å². The smallest absolute Gasteiger partial charge is 0.406 e. The second-order valence-electron chi connectivity index (χ2n) is 9.60. The number of halogens is 6. The van der Waals surface area contributed by atoms with Crippen molar-refractivity contribution < 1.29 is 45.4 Å². The summed E-state index contributed by atoms with van der Waals surface area (Å²) in [5.74, 6) is -0.649. The van der Waals surface area contributed by atoms with Crippen molar-refractivity contribution in [1.29, 1.82) is 0 Å². The molecule has 1 fully saturated rings. The van der Waals surface area contributed by atoms with Crippen LogP contribution >= 0.6 is 11.8 Å². The first-order valence-electron chi connectivity index (χ1n) is 13.1. The lowest BCUT2D eigenvalue weighted by atomic mass is 10.1. The third kappa shape index (κ3) is 8.39. The molecule has 5 rings (SSSR count). The maximum Gasteiger partial charge on any atom is 0.573 e. The number of carbonyl (C=O) groups is 2. The fourth-order valence-electron chi connectivity index (χ4n) is 4.12. The molecule has 0 bridgehead atoms. The number of nitrogens with one attached hydrogen (secondary N) is 1. The highest BCUT2D eigenvalue weighted by atomic mass is 32.2. The van der Waals surface area contributed by atoms with Crippen LogP contribution in [0.5, 0.6) is 5.75 Å². The predicted octanol–water partition coefficient (Wildman–Crippen LogP) is 6.28. The van der Waals surface area contributed by atoms with E-state index in [2.05, 4.69) is 30.5 Å². The monoisotopic (exact) mass is 665 g/mol. The first kappa shape index (κ1) is 32.4. The van der Waals surface area contributed by atoms with Crippen LogP contribution in [0.2, 0.25) is 0 Å². The zero-order valence-corrected chi connectivity index (χ0v) is 24.3. The number of alkyl halides is 6. The summed E-state index contributed by atoms with van der Waals surface area (Å²) in [7, 11) is 0. The highest BCUT2D eigenvalue weighted by Crippen LogP contribution is 2.32. The molecule has 0 saturated carbocycles. The van der Waals surface area contributed by atoms with Crippen molar-refractivity contribution in [3.05, 3.63) is 77.9 Å². The normalized spacial score (nSPS) is 14.6. The van der Waals surface area contributed by atoms with Crippen molar-refractivity contribution in [3.63, 3.8) is 0 Å². The third-order valence-electron chi connectivity index (χ3n) is 6.08. The van der Waals surface area contributed by atoms with E-state index in [1.54, 1.807) is 49.4 Å². The summed E-state index contributed by atoms with van der Waals surface area (Å²) in [6, 6.07) is 15.1. The van der Waals surface area contributed by atoms with E-state index in [1.807, 2.05) is 0 Å². The molecule has 1 N–H and O–H groups in total. The minimum absolute atomic E-state index is 0.0310. The van der Waals surface area contributed by atoms with Gasteiger partial charge >= 0.3 is 18.6 Å². The third-order valence-corrected chi connectivity index (χ3v) is 7.00. The van der Waals surface area contributed by atoms with E-state index >= 15 is 0 Å². The van der Waals surface area contributed by atoms with Gasteiger partial charge < -0.3 is 14.8 Å². The van der Waals surface area contributed by atoms with Gasteiger partial charge in [-0.3, -0.25) is 9.69 Å². The van der Waals surface area contributed by atoms with Gasteiger partial charge in [-0.2, -0.15) is 18.2 Å². The van der Waals surface area contributed by atoms with E-state index < -0.39 is 43.4 Å². The molecule has 0 spiro atoms. The molecule has 0 atom stereocenters. The lowest BCUT2D eigenvalue weighted by Crippen LogP contribution is -2.31. The van der Waals surface area contributed by atoms with Gasteiger partial charge in [-0.25, -0.2) is 4.79 Å². The molecule has 1 saturated heterocycles. The quantitative estimate of drug-likeness (QED) is 0.218. The Morgan fingerprint density at radius 3 is 2.41 bits per heavy atom. The summed E-state index contributed by atoms with van der Waals surface area (Å²) in [6.45, 7) is -0.131. The maximum atomic E-state index is 12.8. The second-order valence-corrected chi connectivity index (χ2v) is 10.5. The van der Waals surface area contributed by atoms with E-state index in [4.69, 9.17) is 4.74 Å². The van der Waals surface area contributed by atoms with Gasteiger partial charge in [0.05, 0.1) is 23.7 Å². The molecule has 1 aromatic heterocycles. The van der Waals surface area contributed by atoms with E-state index in [1.165, 1.54) is 17.0 Å². The Balaban J connectivity index is 1.26. The average Bonchev–Trinajstić information content (AvgIpc) is 3.60. The molecule has 0 aliphatic carbocycles. The number of carbonyl (C=O) groups excluding carboxylic acids is 2. The van der Waals surface area contributed by atoms with Crippen molar-refractivity contribution in [2.75, 3.05) is 22.6 Å². The summed E-state index contributed by atoms with van der Waals surface area (Å²) < 4.78 is 83.6. The van der Waals surface area contributed by atoms with Crippen LogP contribution < -0.4 is 15.0 Å². The van der Waals surface area contributed by atoms with Gasteiger partial charge in [0.25, 0.3) is 0 Å². The van der Waals surface area contributed by atoms with Crippen molar-refractivity contribution in [2.24, 2.45) is 4.99 Å². The first-order chi connectivity index (χ1) is 21.7. The Kier molecular flexibility index (Phi) is 9.29. The number of hydrogen-bond acceptors (Lipinski definition) is 8. The topological polar surface area (TPSA) is 124 Å². The van der Waals surface area contributed by atoms with Crippen molar-refractivity contribution in [3.8, 4) is 22.8 Å². The molecule has 3 amide bonds. The Labute approximate surface area is 260 Å². The molecule has 11 nitrogen and oxygen atoms in total. The van der Waals surface area contributed by atoms with Crippen LogP contribution in [0.1, 0.15) is 11.1 Å². The molecule has 2 heterocycles. The standard InChI is InChI=1S/C28H21F6N7O4S/c1-16-2-3-18(13-44-15-27(29,30)31)22(12-16)40-23(42)14-46-26(40)36-25(43)35-19-6-4-17(5-7-19)24-37-39-41(38-24)20-8-10-21(11-9-20)45-28(32,33)34/h2-12H,13-15H2,1H3,(H,35,43). The summed E-state index contributed by atoms with van der Waals surface area (Å²) >= 11 is 1.00. The Morgan fingerprint density at radius 2 is 1.74 bits per heavy atom. The van der Waals surface area contributed by atoms with Gasteiger partial charge in [-0.05, 0) is 72.3 Å². The molecule has 4 aromatic rings. The SMILES string of the molecule is Cc1ccc(COCC(F)(F)F)c(N2C(=O)CSC2=NC(=O)Nc2ccc(-c3nnn(-c4ccc(OC(F)(F)F)cc4)n3)cc2)c1. The molecular formula is C28H21F6N7O4S. The fourth-order valence-corrected chi connectivity index (χ4v) is 4.98. The van der Waals surface area contributed by atoms with E-state index in [-0.39, 0.29) is 22.4 Å². The van der Waals surface area contributed by atoms with E-state index in [0.29, 0.717) is 22.5 Å². The zero-order valence-electron chi connectivity index (χ0n) is 23.5. The molecule has 240 valence electrons. The number of aliphatic imine (C=N–C) groups is 1. The van der Waals surface area contributed by atoms with Gasteiger partial charge in [0.15, 0.2) is 5.17 Å². The lowest BCUT2D eigenvalue weighted by Gasteiger charge is -2.20. The van der Waals surface area contributed by atoms with Crippen molar-refractivity contribution >= 4 is 40.2 Å². The minimum atomic E-state index is -4.82. The zero-order chi connectivity index (χ0) is 33.1. The molecule has 46 heavy (non-hydrogen) atoms. The Morgan fingerprint density at radius 1 is 1.02 bits per heavy atom. The number of amidine groups is 1.